The van der Waals surface area contributed by atoms with Crippen molar-refractivity contribution in [3.05, 3.63) is 47.6 Å². The van der Waals surface area contributed by atoms with Crippen molar-refractivity contribution in [1.29, 1.82) is 0 Å². The average molecular weight is 619 g/mol. The van der Waals surface area contributed by atoms with Crippen molar-refractivity contribution in [2.24, 2.45) is 0 Å². The molecule has 11 heteroatoms. The predicted octanol–water partition coefficient (Wildman–Crippen LogP) is 5.25. The van der Waals surface area contributed by atoms with E-state index in [1.54, 1.807) is 18.3 Å². The monoisotopic (exact) mass is 618 g/mol. The first kappa shape index (κ1) is 28.0. The van der Waals surface area contributed by atoms with E-state index < -0.39 is 6.17 Å². The van der Waals surface area contributed by atoms with Crippen LogP contribution in [0, 0.1) is 0 Å². The maximum absolute atomic E-state index is 14.5. The molecule has 230 valence electrons. The van der Waals surface area contributed by atoms with Crippen LogP contribution in [0.4, 0.5) is 10.2 Å². The molecular weight excluding hydrogens is 583 g/mol. The van der Waals surface area contributed by atoms with Gasteiger partial charge in [-0.2, -0.15) is 9.97 Å². The molecule has 1 aromatic carbocycles. The summed E-state index contributed by atoms with van der Waals surface area (Å²) in [6.45, 7) is 7.08. The molecule has 8 rings (SSSR count). The fraction of sp³-hybridized carbons (Fsp3) is 0.515. The minimum Gasteiger partial charge on any atom is -0.508 e. The quantitative estimate of drug-likeness (QED) is 0.359. The van der Waals surface area contributed by atoms with E-state index in [-0.39, 0.29) is 28.7 Å². The molecule has 9 nitrogen and oxygen atoms in total. The maximum atomic E-state index is 14.5. The first-order valence-electron chi connectivity index (χ1n) is 15.7. The highest BCUT2D eigenvalue weighted by molar-refractivity contribution is 6.32. The number of phenols is 1. The van der Waals surface area contributed by atoms with Crippen LogP contribution in [-0.2, 0) is 4.79 Å². The van der Waals surface area contributed by atoms with Crippen LogP contribution in [0.5, 0.6) is 11.8 Å². The topological polar surface area (TPSA) is 94.9 Å². The third kappa shape index (κ3) is 4.68. The SMILES string of the molecule is C=CC(=O)N1CCN(c2nc(OC[C@@]34CCCN3C[C@H](F)C4)nc3cc(-c4cc(O)cc(Cl)c4C4CC4)cnc23)C2(CC2)C1. The molecule has 0 radical (unpaired) electrons. The molecule has 5 fully saturated rings. The second-order valence-corrected chi connectivity index (χ2v) is 13.7. The molecule has 3 aliphatic heterocycles. The third-order valence-corrected chi connectivity index (χ3v) is 10.7. The second kappa shape index (κ2) is 10.3. The van der Waals surface area contributed by atoms with E-state index in [1.165, 1.54) is 6.08 Å². The number of ether oxygens (including phenoxy) is 1. The summed E-state index contributed by atoms with van der Waals surface area (Å²) < 4.78 is 20.9. The summed E-state index contributed by atoms with van der Waals surface area (Å²) >= 11 is 6.63. The number of aromatic nitrogens is 3. The summed E-state index contributed by atoms with van der Waals surface area (Å²) in [5.74, 6) is 1.09. The van der Waals surface area contributed by atoms with Gasteiger partial charge in [0.1, 0.15) is 24.0 Å². The van der Waals surface area contributed by atoms with E-state index in [2.05, 4.69) is 16.4 Å². The van der Waals surface area contributed by atoms with Gasteiger partial charge in [0.05, 0.1) is 16.6 Å². The highest BCUT2D eigenvalue weighted by Crippen LogP contribution is 2.50. The summed E-state index contributed by atoms with van der Waals surface area (Å²) in [6, 6.07) is 5.56. The van der Waals surface area contributed by atoms with Crippen LogP contribution in [0.2, 0.25) is 5.02 Å². The summed E-state index contributed by atoms with van der Waals surface area (Å²) in [7, 11) is 0. The molecule has 44 heavy (non-hydrogen) atoms. The van der Waals surface area contributed by atoms with Crippen LogP contribution in [-0.4, -0.2) is 92.3 Å². The number of rotatable bonds is 7. The Labute approximate surface area is 260 Å². The molecule has 5 aliphatic rings. The Morgan fingerprint density at radius 1 is 1.18 bits per heavy atom. The molecule has 2 aliphatic carbocycles. The highest BCUT2D eigenvalue weighted by atomic mass is 35.5. The molecule has 2 aromatic heterocycles. The van der Waals surface area contributed by atoms with Crippen molar-refractivity contribution in [1.82, 2.24) is 24.8 Å². The lowest BCUT2D eigenvalue weighted by atomic mass is 9.95. The number of pyridine rings is 1. The Balaban J connectivity index is 1.21. The van der Waals surface area contributed by atoms with E-state index >= 15 is 0 Å². The summed E-state index contributed by atoms with van der Waals surface area (Å²) in [6.07, 6.45) is 8.71. The Morgan fingerprint density at radius 2 is 2.02 bits per heavy atom. The Morgan fingerprint density at radius 3 is 2.80 bits per heavy atom. The Hall–Kier alpha value is -3.50. The lowest BCUT2D eigenvalue weighted by Gasteiger charge is -2.42. The predicted molar refractivity (Wildman–Crippen MR) is 166 cm³/mol. The number of nitrogens with zero attached hydrogens (tertiary/aromatic N) is 6. The zero-order chi connectivity index (χ0) is 30.2. The van der Waals surface area contributed by atoms with Crippen LogP contribution >= 0.6 is 11.6 Å². The number of carbonyl (C=O) groups excluding carboxylic acids is 1. The van der Waals surface area contributed by atoms with Gasteiger partial charge in [0.15, 0.2) is 5.82 Å². The number of hydrogen-bond acceptors (Lipinski definition) is 8. The number of fused-ring (bicyclic) bond motifs is 2. The van der Waals surface area contributed by atoms with E-state index in [0.717, 1.165) is 61.8 Å². The zero-order valence-electron chi connectivity index (χ0n) is 24.6. The molecule has 2 saturated carbocycles. The van der Waals surface area contributed by atoms with Gasteiger partial charge in [0, 0.05) is 49.4 Å². The molecule has 1 N–H and O–H groups in total. The number of carbonyl (C=O) groups is 1. The minimum absolute atomic E-state index is 0.0606. The van der Waals surface area contributed by atoms with Gasteiger partial charge in [-0.05, 0) is 86.4 Å². The molecule has 3 aromatic rings. The van der Waals surface area contributed by atoms with Crippen LogP contribution < -0.4 is 9.64 Å². The maximum Gasteiger partial charge on any atom is 0.319 e. The summed E-state index contributed by atoms with van der Waals surface area (Å²) in [5, 5.41) is 11.0. The zero-order valence-corrected chi connectivity index (χ0v) is 25.4. The number of piperazine rings is 1. The average Bonchev–Trinajstić information content (AvgIpc) is 3.92. The molecule has 3 saturated heterocycles. The van der Waals surface area contributed by atoms with Crippen molar-refractivity contribution in [3.63, 3.8) is 0 Å². The van der Waals surface area contributed by atoms with E-state index in [9.17, 15) is 14.3 Å². The van der Waals surface area contributed by atoms with Crippen molar-refractivity contribution >= 4 is 34.4 Å². The van der Waals surface area contributed by atoms with Gasteiger partial charge in [-0.15, -0.1) is 0 Å². The largest absolute Gasteiger partial charge is 0.508 e. The van der Waals surface area contributed by atoms with Crippen molar-refractivity contribution in [2.45, 2.75) is 68.1 Å². The van der Waals surface area contributed by atoms with E-state index in [0.29, 0.717) is 67.0 Å². The normalized spacial score (nSPS) is 25.9. The van der Waals surface area contributed by atoms with Crippen molar-refractivity contribution in [2.75, 3.05) is 44.2 Å². The molecule has 1 amide bonds. The Kier molecular flexibility index (Phi) is 6.54. The number of benzene rings is 1. The van der Waals surface area contributed by atoms with Crippen LogP contribution in [0.15, 0.2) is 37.1 Å². The molecule has 2 atom stereocenters. The van der Waals surface area contributed by atoms with E-state index in [1.807, 2.05) is 11.0 Å². The number of phenolic OH excluding ortho intramolecular Hbond substituents is 1. The number of amides is 1. The van der Waals surface area contributed by atoms with E-state index in [4.69, 9.17) is 31.3 Å². The third-order valence-electron chi connectivity index (χ3n) is 10.4. The fourth-order valence-electron chi connectivity index (χ4n) is 7.86. The molecule has 1 spiro atoms. The van der Waals surface area contributed by atoms with Gasteiger partial charge < -0.3 is 19.6 Å². The number of hydrogen-bond donors (Lipinski definition) is 1. The van der Waals surface area contributed by atoms with Crippen LogP contribution in [0.1, 0.15) is 56.4 Å². The van der Waals surface area contributed by atoms with Gasteiger partial charge in [-0.3, -0.25) is 14.7 Å². The van der Waals surface area contributed by atoms with Crippen molar-refractivity contribution in [3.8, 4) is 22.9 Å². The molecule has 0 unspecified atom stereocenters. The molecule has 0 bridgehead atoms. The fourth-order valence-corrected chi connectivity index (χ4v) is 8.22. The van der Waals surface area contributed by atoms with Gasteiger partial charge in [-0.25, -0.2) is 4.39 Å². The first-order chi connectivity index (χ1) is 21.3. The lowest BCUT2D eigenvalue weighted by molar-refractivity contribution is -0.127. The number of alkyl halides is 1. The summed E-state index contributed by atoms with van der Waals surface area (Å²) in [5.41, 5.74) is 3.42. The van der Waals surface area contributed by atoms with Crippen molar-refractivity contribution < 1.29 is 19.0 Å². The van der Waals surface area contributed by atoms with Gasteiger partial charge in [0.2, 0.25) is 5.91 Å². The van der Waals surface area contributed by atoms with Crippen LogP contribution in [0.3, 0.4) is 0 Å². The Bertz CT molecular complexity index is 1680. The number of aromatic hydroxyl groups is 1. The molecule has 5 heterocycles. The number of anilines is 1. The minimum atomic E-state index is -0.849. The standard InChI is InChI=1S/C33H36ClFN6O3/c1-2-27(43)39-10-11-41(32(18-39)7-8-32)30-29-26(37-31(38-30)44-19-33-6-3-9-40(33)17-22(35)15-33)12-21(16-36-29)24-13-23(42)14-25(34)28(24)20-4-5-20/h2,12-14,16,20,22,42H,1,3-11,15,17-19H2/t22-,33+/m1/s1. The smallest absolute Gasteiger partial charge is 0.319 e. The summed E-state index contributed by atoms with van der Waals surface area (Å²) in [4.78, 5) is 33.6. The second-order valence-electron chi connectivity index (χ2n) is 13.3. The lowest BCUT2D eigenvalue weighted by Crippen LogP contribution is -2.56. The van der Waals surface area contributed by atoms with Gasteiger partial charge in [0.25, 0.3) is 0 Å². The first-order valence-corrected chi connectivity index (χ1v) is 16.1. The van der Waals surface area contributed by atoms with Crippen LogP contribution in [0.25, 0.3) is 22.2 Å². The van der Waals surface area contributed by atoms with Gasteiger partial charge in [-0.1, -0.05) is 18.2 Å². The van der Waals surface area contributed by atoms with Gasteiger partial charge >= 0.3 is 6.01 Å². The molecular formula is C33H36ClFN6O3. The highest BCUT2D eigenvalue weighted by Gasteiger charge is 2.53. The number of halogens is 2.